The molecule has 200 valence electrons. The summed E-state index contributed by atoms with van der Waals surface area (Å²) in [5.41, 5.74) is -0.504. The number of esters is 2. The van der Waals surface area contributed by atoms with Crippen LogP contribution in [-0.2, 0) is 28.7 Å². The summed E-state index contributed by atoms with van der Waals surface area (Å²) < 4.78 is 10.9. The van der Waals surface area contributed by atoms with E-state index in [0.717, 1.165) is 25.7 Å². The first-order valence-electron chi connectivity index (χ1n) is 14.2. The fraction of sp³-hybridized carbons (Fsp3) is 0.867. The minimum atomic E-state index is -0.147. The fourth-order valence-corrected chi connectivity index (χ4v) is 9.81. The fourth-order valence-electron chi connectivity index (χ4n) is 9.81. The topological polar surface area (TPSA) is 86.7 Å². The summed E-state index contributed by atoms with van der Waals surface area (Å²) in [7, 11) is 0. The number of carbonyl (C=O) groups is 4. The molecule has 6 rings (SSSR count). The van der Waals surface area contributed by atoms with Crippen molar-refractivity contribution < 1.29 is 28.7 Å². The van der Waals surface area contributed by atoms with Gasteiger partial charge in [0.05, 0.1) is 26.1 Å². The van der Waals surface area contributed by atoms with Gasteiger partial charge in [0.2, 0.25) is 0 Å². The minimum absolute atomic E-state index is 0.0202. The Morgan fingerprint density at radius 3 is 1.31 bits per heavy atom. The third kappa shape index (κ3) is 3.41. The van der Waals surface area contributed by atoms with Gasteiger partial charge in [0.1, 0.15) is 11.6 Å². The van der Waals surface area contributed by atoms with Gasteiger partial charge in [-0.15, -0.1) is 0 Å². The molecule has 36 heavy (non-hydrogen) atoms. The van der Waals surface area contributed by atoms with Crippen LogP contribution in [0.25, 0.3) is 0 Å². The lowest BCUT2D eigenvalue weighted by Gasteiger charge is -2.51. The van der Waals surface area contributed by atoms with E-state index in [1.165, 1.54) is 0 Å². The van der Waals surface area contributed by atoms with Crippen LogP contribution in [0.5, 0.6) is 0 Å². The number of carbonyl (C=O) groups excluding carboxylic acids is 4. The van der Waals surface area contributed by atoms with E-state index in [-0.39, 0.29) is 45.4 Å². The van der Waals surface area contributed by atoms with Crippen molar-refractivity contribution in [2.24, 2.45) is 57.2 Å². The summed E-state index contributed by atoms with van der Waals surface area (Å²) in [5, 5.41) is 0. The number of ketones is 2. The monoisotopic (exact) mass is 500 g/mol. The van der Waals surface area contributed by atoms with E-state index in [2.05, 4.69) is 27.7 Å². The first-order valence-corrected chi connectivity index (χ1v) is 14.2. The van der Waals surface area contributed by atoms with Crippen molar-refractivity contribution in [2.75, 3.05) is 13.2 Å². The smallest absolute Gasteiger partial charge is 0.306 e. The van der Waals surface area contributed by atoms with E-state index < -0.39 is 0 Å². The molecule has 2 heterocycles. The van der Waals surface area contributed by atoms with Crippen LogP contribution in [-0.4, -0.2) is 36.7 Å². The molecule has 4 bridgehead atoms. The maximum atomic E-state index is 12.4. The van der Waals surface area contributed by atoms with Crippen LogP contribution in [0, 0.1) is 57.2 Å². The van der Waals surface area contributed by atoms with Crippen LogP contribution in [0.1, 0.15) is 92.9 Å². The van der Waals surface area contributed by atoms with E-state index in [1.807, 2.05) is 13.8 Å². The third-order valence-electron chi connectivity index (χ3n) is 12.7. The van der Waals surface area contributed by atoms with Crippen LogP contribution in [0.15, 0.2) is 0 Å². The molecular weight excluding hydrogens is 456 g/mol. The molecule has 6 heteroatoms. The van der Waals surface area contributed by atoms with Crippen molar-refractivity contribution in [3.05, 3.63) is 0 Å². The Balaban J connectivity index is 0.000000148. The maximum Gasteiger partial charge on any atom is 0.306 e. The van der Waals surface area contributed by atoms with E-state index in [0.29, 0.717) is 74.1 Å². The number of Topliss-reactive ketones (excluding diaryl/α,β-unsaturated/α-hetero) is 2. The Bertz CT molecular complexity index is 910. The Hall–Kier alpha value is -1.72. The molecule has 6 aliphatic rings. The van der Waals surface area contributed by atoms with E-state index in [9.17, 15) is 19.2 Å². The molecule has 0 unspecified atom stereocenters. The lowest BCUT2D eigenvalue weighted by Crippen LogP contribution is -2.53. The van der Waals surface area contributed by atoms with Crippen molar-refractivity contribution in [1.29, 1.82) is 0 Å². The first-order chi connectivity index (χ1) is 16.8. The molecule has 0 aromatic rings. The van der Waals surface area contributed by atoms with Gasteiger partial charge in [-0.2, -0.15) is 0 Å². The number of ether oxygens (including phenoxy) is 2. The third-order valence-corrected chi connectivity index (χ3v) is 12.7. The average molecular weight is 501 g/mol. The highest BCUT2D eigenvalue weighted by Crippen LogP contribution is 2.66. The van der Waals surface area contributed by atoms with Crippen molar-refractivity contribution in [3.63, 3.8) is 0 Å². The van der Waals surface area contributed by atoms with Crippen LogP contribution in [0.3, 0.4) is 0 Å². The molecule has 2 aliphatic heterocycles. The molecule has 4 aliphatic carbocycles. The number of rotatable bonds is 0. The molecule has 0 N–H and O–H groups in total. The van der Waals surface area contributed by atoms with Gasteiger partial charge in [0.25, 0.3) is 0 Å². The largest absolute Gasteiger partial charge is 0.465 e. The zero-order valence-corrected chi connectivity index (χ0v) is 23.0. The van der Waals surface area contributed by atoms with Crippen LogP contribution >= 0.6 is 0 Å². The molecule has 0 aromatic carbocycles. The molecule has 0 amide bonds. The summed E-state index contributed by atoms with van der Waals surface area (Å²) in [6.45, 7) is 13.6. The Labute approximate surface area is 215 Å². The van der Waals surface area contributed by atoms with Crippen molar-refractivity contribution in [1.82, 2.24) is 0 Å². The van der Waals surface area contributed by atoms with E-state index >= 15 is 0 Å². The SMILES string of the molecule is C[C@@H]1C(=O)C[C@]23CC(=O)OC[C@@]1(C)[C@@H]2CC[C@H]3C.C[C@@H]1C(=O)C[C@]23CC(=O)OC[C@@]1(C)[C@@H]2CC[C@H]3C. The molecule has 0 aromatic heterocycles. The Kier molecular flexibility index (Phi) is 6.04. The van der Waals surface area contributed by atoms with Gasteiger partial charge in [-0.05, 0) is 60.2 Å². The lowest BCUT2D eigenvalue weighted by molar-refractivity contribution is -0.148. The Morgan fingerprint density at radius 1 is 0.583 bits per heavy atom. The number of hydrogen-bond acceptors (Lipinski definition) is 6. The predicted molar refractivity (Wildman–Crippen MR) is 134 cm³/mol. The molecule has 6 fully saturated rings. The quantitative estimate of drug-likeness (QED) is 0.427. The van der Waals surface area contributed by atoms with Crippen molar-refractivity contribution in [3.8, 4) is 0 Å². The molecule has 6 nitrogen and oxygen atoms in total. The normalized spacial score (nSPS) is 51.6. The summed E-state index contributed by atoms with van der Waals surface area (Å²) in [4.78, 5) is 48.6. The summed E-state index contributed by atoms with van der Waals surface area (Å²) in [5.74, 6) is 2.38. The summed E-state index contributed by atoms with van der Waals surface area (Å²) in [6.07, 6.45) is 6.66. The number of cyclic esters (lactones) is 2. The van der Waals surface area contributed by atoms with Crippen LogP contribution in [0.2, 0.25) is 0 Å². The van der Waals surface area contributed by atoms with E-state index in [4.69, 9.17) is 9.47 Å². The molecule has 10 atom stereocenters. The summed E-state index contributed by atoms with van der Waals surface area (Å²) in [6, 6.07) is 0. The van der Waals surface area contributed by atoms with Gasteiger partial charge >= 0.3 is 11.9 Å². The highest BCUT2D eigenvalue weighted by molar-refractivity contribution is 5.86. The zero-order valence-electron chi connectivity index (χ0n) is 23.0. The number of hydrogen-bond donors (Lipinski definition) is 0. The second kappa shape index (κ2) is 8.39. The second-order valence-electron chi connectivity index (χ2n) is 13.9. The highest BCUT2D eigenvalue weighted by atomic mass is 16.5. The molecule has 4 saturated carbocycles. The van der Waals surface area contributed by atoms with Gasteiger partial charge in [-0.25, -0.2) is 0 Å². The predicted octanol–water partition coefficient (Wildman–Crippen LogP) is 5.16. The van der Waals surface area contributed by atoms with Gasteiger partial charge in [-0.3, -0.25) is 19.2 Å². The average Bonchev–Trinajstić information content (AvgIpc) is 3.25. The molecular formula is C30H44O6. The first kappa shape index (κ1) is 25.9. The maximum absolute atomic E-state index is 12.4. The summed E-state index contributed by atoms with van der Waals surface area (Å²) >= 11 is 0. The molecule has 2 saturated heterocycles. The molecule has 0 radical (unpaired) electrons. The van der Waals surface area contributed by atoms with Gasteiger partial charge in [-0.1, -0.05) is 41.5 Å². The van der Waals surface area contributed by atoms with E-state index in [1.54, 1.807) is 0 Å². The van der Waals surface area contributed by atoms with Gasteiger partial charge in [0.15, 0.2) is 0 Å². The molecule has 0 spiro atoms. The highest BCUT2D eigenvalue weighted by Gasteiger charge is 2.65. The van der Waals surface area contributed by atoms with Gasteiger partial charge in [0, 0.05) is 35.5 Å². The van der Waals surface area contributed by atoms with Crippen molar-refractivity contribution >= 4 is 23.5 Å². The standard InChI is InChI=1S/2C15H22O3/c2*1-9-4-5-12-14(3)8-18-13(17)7-15(9,12)6-11(16)10(14)2/h2*9-10,12H,4-8H2,1-3H3/t2*9-,10-,12+,14-,15-/m11/s1. The Morgan fingerprint density at radius 2 is 0.944 bits per heavy atom. The van der Waals surface area contributed by atoms with Crippen molar-refractivity contribution in [2.45, 2.75) is 92.9 Å². The second-order valence-corrected chi connectivity index (χ2v) is 13.9. The lowest BCUT2D eigenvalue weighted by atomic mass is 9.50. The van der Waals surface area contributed by atoms with Crippen LogP contribution in [0.4, 0.5) is 0 Å². The van der Waals surface area contributed by atoms with Gasteiger partial charge < -0.3 is 9.47 Å². The van der Waals surface area contributed by atoms with Crippen LogP contribution < -0.4 is 0 Å². The zero-order chi connectivity index (χ0) is 26.3. The minimum Gasteiger partial charge on any atom is -0.465 e.